The lowest BCUT2D eigenvalue weighted by atomic mass is 9.73. The van der Waals surface area contributed by atoms with Crippen LogP contribution in [-0.4, -0.2) is 59.7 Å². The first kappa shape index (κ1) is 21.4. The number of benzene rings is 1. The van der Waals surface area contributed by atoms with Crippen LogP contribution in [0.5, 0.6) is 0 Å². The van der Waals surface area contributed by atoms with Gasteiger partial charge in [-0.3, -0.25) is 4.79 Å². The monoisotopic (exact) mass is 453 g/mol. The van der Waals surface area contributed by atoms with Crippen LogP contribution in [-0.2, 0) is 26.1 Å². The van der Waals surface area contributed by atoms with Crippen molar-refractivity contribution in [2.75, 3.05) is 39.5 Å². The molecule has 1 atom stereocenters. The van der Waals surface area contributed by atoms with E-state index in [1.165, 1.54) is 5.56 Å². The molecule has 2 saturated heterocycles. The number of fused-ring (bicyclic) bond motifs is 1. The van der Waals surface area contributed by atoms with E-state index < -0.39 is 5.41 Å². The van der Waals surface area contributed by atoms with Gasteiger partial charge in [0.25, 0.3) is 0 Å². The molecule has 2 aliphatic rings. The molecule has 4 heterocycles. The van der Waals surface area contributed by atoms with Crippen LogP contribution in [0.4, 0.5) is 0 Å². The van der Waals surface area contributed by atoms with Gasteiger partial charge in [-0.05, 0) is 48.6 Å². The van der Waals surface area contributed by atoms with Gasteiger partial charge in [-0.25, -0.2) is 4.98 Å². The molecule has 0 aliphatic carbocycles. The van der Waals surface area contributed by atoms with Gasteiger partial charge in [-0.15, -0.1) is 0 Å². The summed E-state index contributed by atoms with van der Waals surface area (Å²) in [7, 11) is 0. The highest BCUT2D eigenvalue weighted by Gasteiger charge is 2.44. The highest BCUT2D eigenvalue weighted by atomic mass is 35.5. The SMILES string of the molecule is O=C(N1CCOCC(Cc2ccc3nccn3c2)C1)C1(c2ccc(Cl)cc2)CCOCC1. The minimum Gasteiger partial charge on any atom is -0.381 e. The summed E-state index contributed by atoms with van der Waals surface area (Å²) < 4.78 is 13.6. The van der Waals surface area contributed by atoms with E-state index >= 15 is 0 Å². The second-order valence-electron chi connectivity index (χ2n) is 8.83. The predicted molar refractivity (Wildman–Crippen MR) is 123 cm³/mol. The van der Waals surface area contributed by atoms with Crippen molar-refractivity contribution < 1.29 is 14.3 Å². The van der Waals surface area contributed by atoms with E-state index in [0.717, 1.165) is 17.6 Å². The Kier molecular flexibility index (Phi) is 6.17. The molecule has 0 N–H and O–H groups in total. The summed E-state index contributed by atoms with van der Waals surface area (Å²) in [5.41, 5.74) is 2.62. The van der Waals surface area contributed by atoms with Crippen molar-refractivity contribution in [1.82, 2.24) is 14.3 Å². The zero-order valence-corrected chi connectivity index (χ0v) is 18.8. The predicted octanol–water partition coefficient (Wildman–Crippen LogP) is 3.75. The lowest BCUT2D eigenvalue weighted by Gasteiger charge is -2.40. The molecule has 2 aliphatic heterocycles. The Labute approximate surface area is 193 Å². The summed E-state index contributed by atoms with van der Waals surface area (Å²) >= 11 is 6.13. The maximum Gasteiger partial charge on any atom is 0.233 e. The summed E-state index contributed by atoms with van der Waals surface area (Å²) in [6.45, 7) is 3.71. The first-order chi connectivity index (χ1) is 15.6. The number of pyridine rings is 1. The van der Waals surface area contributed by atoms with E-state index in [1.807, 2.05) is 45.8 Å². The van der Waals surface area contributed by atoms with Gasteiger partial charge in [0.1, 0.15) is 5.65 Å². The molecule has 168 valence electrons. The van der Waals surface area contributed by atoms with Crippen LogP contribution in [0, 0.1) is 5.92 Å². The molecule has 2 aromatic heterocycles. The molecule has 0 spiro atoms. The van der Waals surface area contributed by atoms with Crippen molar-refractivity contribution in [1.29, 1.82) is 0 Å². The third kappa shape index (κ3) is 4.27. The van der Waals surface area contributed by atoms with Crippen molar-refractivity contribution in [2.24, 2.45) is 5.92 Å². The summed E-state index contributed by atoms with van der Waals surface area (Å²) in [4.78, 5) is 20.4. The van der Waals surface area contributed by atoms with Gasteiger partial charge in [-0.1, -0.05) is 29.8 Å². The molecule has 6 nitrogen and oxygen atoms in total. The highest BCUT2D eigenvalue weighted by molar-refractivity contribution is 6.30. The second kappa shape index (κ2) is 9.22. The molecule has 1 aromatic carbocycles. The van der Waals surface area contributed by atoms with E-state index in [2.05, 4.69) is 17.2 Å². The largest absolute Gasteiger partial charge is 0.381 e. The van der Waals surface area contributed by atoms with Crippen LogP contribution in [0.25, 0.3) is 5.65 Å². The van der Waals surface area contributed by atoms with Crippen LogP contribution >= 0.6 is 11.6 Å². The van der Waals surface area contributed by atoms with Gasteiger partial charge >= 0.3 is 0 Å². The molecule has 7 heteroatoms. The molecule has 1 unspecified atom stereocenters. The van der Waals surface area contributed by atoms with Crippen molar-refractivity contribution in [2.45, 2.75) is 24.7 Å². The topological polar surface area (TPSA) is 56.1 Å². The van der Waals surface area contributed by atoms with Crippen molar-refractivity contribution in [3.8, 4) is 0 Å². The number of hydrogen-bond donors (Lipinski definition) is 0. The lowest BCUT2D eigenvalue weighted by molar-refractivity contribution is -0.141. The number of rotatable bonds is 4. The van der Waals surface area contributed by atoms with Crippen LogP contribution in [0.2, 0.25) is 5.02 Å². The zero-order valence-electron chi connectivity index (χ0n) is 18.1. The van der Waals surface area contributed by atoms with Crippen molar-refractivity contribution in [3.63, 3.8) is 0 Å². The fourth-order valence-electron chi connectivity index (χ4n) is 5.03. The molecule has 3 aromatic rings. The summed E-state index contributed by atoms with van der Waals surface area (Å²) in [5, 5.41) is 0.682. The minimum atomic E-state index is -0.562. The molecular formula is C25H28ClN3O3. The Morgan fingerprint density at radius 1 is 1.09 bits per heavy atom. The molecule has 0 bridgehead atoms. The lowest BCUT2D eigenvalue weighted by Crippen LogP contribution is -2.51. The van der Waals surface area contributed by atoms with Crippen LogP contribution in [0.3, 0.4) is 0 Å². The van der Waals surface area contributed by atoms with E-state index in [0.29, 0.717) is 57.4 Å². The van der Waals surface area contributed by atoms with E-state index in [4.69, 9.17) is 21.1 Å². The third-order valence-corrected chi connectivity index (χ3v) is 7.00. The van der Waals surface area contributed by atoms with Crippen molar-refractivity contribution in [3.05, 3.63) is 71.1 Å². The Hall–Kier alpha value is -2.41. The number of carbonyl (C=O) groups excluding carboxylic acids is 1. The molecular weight excluding hydrogens is 426 g/mol. The van der Waals surface area contributed by atoms with Crippen LogP contribution in [0.15, 0.2) is 55.0 Å². The quantitative estimate of drug-likeness (QED) is 0.603. The number of carbonyl (C=O) groups is 1. The fraction of sp³-hybridized carbons (Fsp3) is 0.440. The third-order valence-electron chi connectivity index (χ3n) is 6.75. The van der Waals surface area contributed by atoms with Crippen molar-refractivity contribution >= 4 is 23.2 Å². The van der Waals surface area contributed by atoms with Gasteiger partial charge in [0.15, 0.2) is 0 Å². The van der Waals surface area contributed by atoms with Gasteiger partial charge in [0, 0.05) is 55.8 Å². The number of halogens is 1. The average molecular weight is 454 g/mol. The van der Waals surface area contributed by atoms with E-state index in [-0.39, 0.29) is 11.8 Å². The first-order valence-electron chi connectivity index (χ1n) is 11.3. The van der Waals surface area contributed by atoms with Gasteiger partial charge in [-0.2, -0.15) is 0 Å². The normalized spacial score (nSPS) is 21.4. The Balaban J connectivity index is 1.37. The molecule has 1 amide bonds. The van der Waals surface area contributed by atoms with Gasteiger partial charge in [0.05, 0.1) is 18.6 Å². The molecule has 5 rings (SSSR count). The second-order valence-corrected chi connectivity index (χ2v) is 9.26. The maximum atomic E-state index is 14.0. The Morgan fingerprint density at radius 2 is 1.91 bits per heavy atom. The number of imidazole rings is 1. The molecule has 0 radical (unpaired) electrons. The summed E-state index contributed by atoms with van der Waals surface area (Å²) in [6, 6.07) is 11.9. The summed E-state index contributed by atoms with van der Waals surface area (Å²) in [6.07, 6.45) is 8.11. The van der Waals surface area contributed by atoms with E-state index in [1.54, 1.807) is 6.20 Å². The van der Waals surface area contributed by atoms with Gasteiger partial charge < -0.3 is 18.8 Å². The van der Waals surface area contributed by atoms with Gasteiger partial charge in [0.2, 0.25) is 5.91 Å². The smallest absolute Gasteiger partial charge is 0.233 e. The first-order valence-corrected chi connectivity index (χ1v) is 11.6. The standard InChI is InChI=1S/C25H28ClN3O3/c26-22-4-2-21(3-5-22)25(7-12-31-13-8-25)24(30)29-11-14-32-18-20(17-29)15-19-1-6-23-27-9-10-28(23)16-19/h1-6,9-10,16,20H,7-8,11-15,17-18H2. The number of ether oxygens (including phenoxy) is 2. The molecule has 2 fully saturated rings. The summed E-state index contributed by atoms with van der Waals surface area (Å²) in [5.74, 6) is 0.424. The van der Waals surface area contributed by atoms with Crippen LogP contribution in [0.1, 0.15) is 24.0 Å². The maximum absolute atomic E-state index is 14.0. The number of amides is 1. The zero-order chi connectivity index (χ0) is 22.0. The Bertz CT molecular complexity index is 1080. The number of nitrogens with zero attached hydrogens (tertiary/aromatic N) is 3. The van der Waals surface area contributed by atoms with E-state index in [9.17, 15) is 4.79 Å². The Morgan fingerprint density at radius 3 is 2.72 bits per heavy atom. The minimum absolute atomic E-state index is 0.184. The van der Waals surface area contributed by atoms with Crippen LogP contribution < -0.4 is 0 Å². The highest BCUT2D eigenvalue weighted by Crippen LogP contribution is 2.38. The number of hydrogen-bond acceptors (Lipinski definition) is 4. The number of aromatic nitrogens is 2. The average Bonchev–Trinajstić information content (AvgIpc) is 3.17. The molecule has 0 saturated carbocycles. The molecule has 32 heavy (non-hydrogen) atoms. The fourth-order valence-corrected chi connectivity index (χ4v) is 5.15.